The van der Waals surface area contributed by atoms with Crippen molar-refractivity contribution in [3.63, 3.8) is 0 Å². The van der Waals surface area contributed by atoms with Crippen LogP contribution in [0.3, 0.4) is 0 Å². The lowest BCUT2D eigenvalue weighted by atomic mass is 9.79. The molecule has 0 saturated carbocycles. The number of benzene rings is 1. The average molecular weight is 332 g/mol. The molecule has 2 amide bonds. The van der Waals surface area contributed by atoms with Crippen LogP contribution < -0.4 is 10.6 Å². The van der Waals surface area contributed by atoms with Crippen LogP contribution in [0.2, 0.25) is 5.15 Å². The van der Waals surface area contributed by atoms with E-state index >= 15 is 0 Å². The van der Waals surface area contributed by atoms with Crippen LogP contribution in [-0.4, -0.2) is 22.7 Å². The van der Waals surface area contributed by atoms with E-state index in [2.05, 4.69) is 15.6 Å². The SMILES string of the molecule is O=C(NCC1(O)CCCc2ccccc21)Nc1cccnc1Cl. The largest absolute Gasteiger partial charge is 0.383 e. The highest BCUT2D eigenvalue weighted by atomic mass is 35.5. The molecular formula is C17H18ClN3O2. The molecule has 0 saturated heterocycles. The number of nitrogens with one attached hydrogen (secondary N) is 2. The Morgan fingerprint density at radius 3 is 2.96 bits per heavy atom. The Hall–Kier alpha value is -2.11. The lowest BCUT2D eigenvalue weighted by Crippen LogP contribution is -2.44. The second-order valence-corrected chi connectivity index (χ2v) is 6.05. The summed E-state index contributed by atoms with van der Waals surface area (Å²) in [5.74, 6) is 0. The van der Waals surface area contributed by atoms with E-state index in [1.165, 1.54) is 0 Å². The van der Waals surface area contributed by atoms with Crippen molar-refractivity contribution in [3.05, 3.63) is 58.9 Å². The summed E-state index contributed by atoms with van der Waals surface area (Å²) in [6.45, 7) is 0.147. The van der Waals surface area contributed by atoms with Crippen LogP contribution in [-0.2, 0) is 12.0 Å². The first-order valence-corrected chi connectivity index (χ1v) is 7.92. The molecule has 1 heterocycles. The Balaban J connectivity index is 1.66. The summed E-state index contributed by atoms with van der Waals surface area (Å²) in [4.78, 5) is 15.9. The number of amides is 2. The number of hydrogen-bond acceptors (Lipinski definition) is 3. The normalized spacial score (nSPS) is 19.7. The van der Waals surface area contributed by atoms with Crippen molar-refractivity contribution in [2.45, 2.75) is 24.9 Å². The maximum Gasteiger partial charge on any atom is 0.319 e. The standard InChI is InChI=1S/C17H18ClN3O2/c18-15-14(8-4-10-19-15)21-16(22)20-11-17(23)9-3-6-12-5-1-2-7-13(12)17/h1-2,4-5,7-8,10,23H,3,6,9,11H2,(H2,20,21,22). The highest BCUT2D eigenvalue weighted by Crippen LogP contribution is 2.34. The maximum atomic E-state index is 12.0. The zero-order valence-electron chi connectivity index (χ0n) is 12.6. The Morgan fingerprint density at radius 2 is 2.13 bits per heavy atom. The molecule has 3 rings (SSSR count). The summed E-state index contributed by atoms with van der Waals surface area (Å²) in [6, 6.07) is 10.8. The number of pyridine rings is 1. The Kier molecular flexibility index (Phi) is 4.50. The van der Waals surface area contributed by atoms with Gasteiger partial charge in [0, 0.05) is 6.20 Å². The van der Waals surface area contributed by atoms with Crippen LogP contribution in [0.5, 0.6) is 0 Å². The second kappa shape index (κ2) is 6.56. The number of hydrogen-bond donors (Lipinski definition) is 3. The third-order valence-corrected chi connectivity index (χ3v) is 4.41. The van der Waals surface area contributed by atoms with Gasteiger partial charge in [-0.1, -0.05) is 35.9 Å². The lowest BCUT2D eigenvalue weighted by molar-refractivity contribution is 0.0221. The van der Waals surface area contributed by atoms with Gasteiger partial charge in [0.2, 0.25) is 0 Å². The molecule has 1 aliphatic carbocycles. The number of fused-ring (bicyclic) bond motifs is 1. The Morgan fingerprint density at radius 1 is 1.30 bits per heavy atom. The van der Waals surface area contributed by atoms with E-state index in [9.17, 15) is 9.90 Å². The van der Waals surface area contributed by atoms with Crippen molar-refractivity contribution in [3.8, 4) is 0 Å². The highest BCUT2D eigenvalue weighted by molar-refractivity contribution is 6.32. The molecular weight excluding hydrogens is 314 g/mol. The lowest BCUT2D eigenvalue weighted by Gasteiger charge is -2.34. The molecule has 5 nitrogen and oxygen atoms in total. The van der Waals surface area contributed by atoms with E-state index in [4.69, 9.17) is 11.6 Å². The third-order valence-electron chi connectivity index (χ3n) is 4.10. The first kappa shape index (κ1) is 15.8. The van der Waals surface area contributed by atoms with Gasteiger partial charge in [-0.3, -0.25) is 0 Å². The van der Waals surface area contributed by atoms with Gasteiger partial charge in [-0.05, 0) is 42.5 Å². The van der Waals surface area contributed by atoms with Crippen molar-refractivity contribution in [1.29, 1.82) is 0 Å². The minimum Gasteiger partial charge on any atom is -0.383 e. The topological polar surface area (TPSA) is 74.2 Å². The summed E-state index contributed by atoms with van der Waals surface area (Å²) in [6.07, 6.45) is 4.02. The van der Waals surface area contributed by atoms with Gasteiger partial charge in [0.25, 0.3) is 0 Å². The van der Waals surface area contributed by atoms with Gasteiger partial charge in [-0.2, -0.15) is 0 Å². The zero-order valence-corrected chi connectivity index (χ0v) is 13.3. The maximum absolute atomic E-state index is 12.0. The van der Waals surface area contributed by atoms with Crippen LogP contribution in [0.4, 0.5) is 10.5 Å². The minimum absolute atomic E-state index is 0.147. The molecule has 120 valence electrons. The van der Waals surface area contributed by atoms with Gasteiger partial charge in [0.1, 0.15) is 5.60 Å². The first-order chi connectivity index (χ1) is 11.1. The van der Waals surface area contributed by atoms with Crippen molar-refractivity contribution in [2.75, 3.05) is 11.9 Å². The molecule has 6 heteroatoms. The molecule has 1 atom stereocenters. The third kappa shape index (κ3) is 3.46. The number of rotatable bonds is 3. The molecule has 2 aromatic rings. The molecule has 0 bridgehead atoms. The molecule has 1 aromatic heterocycles. The molecule has 1 aliphatic rings. The smallest absolute Gasteiger partial charge is 0.319 e. The number of halogens is 1. The quantitative estimate of drug-likeness (QED) is 0.757. The van der Waals surface area contributed by atoms with Gasteiger partial charge in [-0.15, -0.1) is 0 Å². The average Bonchev–Trinajstić information content (AvgIpc) is 2.56. The van der Waals surface area contributed by atoms with E-state index in [1.807, 2.05) is 24.3 Å². The number of anilines is 1. The second-order valence-electron chi connectivity index (χ2n) is 5.69. The van der Waals surface area contributed by atoms with Crippen LogP contribution >= 0.6 is 11.6 Å². The van der Waals surface area contributed by atoms with E-state index < -0.39 is 11.6 Å². The number of carbonyl (C=O) groups is 1. The molecule has 3 N–H and O–H groups in total. The molecule has 23 heavy (non-hydrogen) atoms. The van der Waals surface area contributed by atoms with Crippen molar-refractivity contribution in [2.24, 2.45) is 0 Å². The predicted octanol–water partition coefficient (Wildman–Crippen LogP) is 3.08. The number of nitrogens with zero attached hydrogens (tertiary/aromatic N) is 1. The Labute approximate surface area is 139 Å². The monoisotopic (exact) mass is 331 g/mol. The van der Waals surface area contributed by atoms with Crippen LogP contribution in [0.25, 0.3) is 0 Å². The van der Waals surface area contributed by atoms with Crippen LogP contribution in [0.1, 0.15) is 24.0 Å². The molecule has 0 fully saturated rings. The van der Waals surface area contributed by atoms with Gasteiger partial charge in [-0.25, -0.2) is 9.78 Å². The summed E-state index contributed by atoms with van der Waals surface area (Å²) in [5, 5.41) is 16.5. The zero-order chi connectivity index (χ0) is 16.3. The van der Waals surface area contributed by atoms with Gasteiger partial charge >= 0.3 is 6.03 Å². The Bertz CT molecular complexity index is 722. The fourth-order valence-corrected chi connectivity index (χ4v) is 3.12. The van der Waals surface area contributed by atoms with Crippen molar-refractivity contribution < 1.29 is 9.90 Å². The first-order valence-electron chi connectivity index (χ1n) is 7.55. The fourth-order valence-electron chi connectivity index (χ4n) is 2.95. The van der Waals surface area contributed by atoms with Crippen LogP contribution in [0.15, 0.2) is 42.6 Å². The number of aryl methyl sites for hydroxylation is 1. The molecule has 0 spiro atoms. The minimum atomic E-state index is -1.04. The van der Waals surface area contributed by atoms with Gasteiger partial charge in [0.15, 0.2) is 5.15 Å². The summed E-state index contributed by atoms with van der Waals surface area (Å²) in [7, 11) is 0. The number of aromatic nitrogens is 1. The predicted molar refractivity (Wildman–Crippen MR) is 89.5 cm³/mol. The highest BCUT2D eigenvalue weighted by Gasteiger charge is 2.34. The summed E-state index contributed by atoms with van der Waals surface area (Å²) >= 11 is 5.91. The summed E-state index contributed by atoms with van der Waals surface area (Å²) < 4.78 is 0. The number of carbonyl (C=O) groups excluding carboxylic acids is 1. The van der Waals surface area contributed by atoms with Crippen molar-refractivity contribution in [1.82, 2.24) is 10.3 Å². The number of urea groups is 1. The van der Waals surface area contributed by atoms with Gasteiger partial charge < -0.3 is 15.7 Å². The molecule has 0 aliphatic heterocycles. The van der Waals surface area contributed by atoms with E-state index in [0.717, 1.165) is 24.0 Å². The molecule has 1 unspecified atom stereocenters. The van der Waals surface area contributed by atoms with Crippen molar-refractivity contribution >= 4 is 23.3 Å². The number of aliphatic hydroxyl groups is 1. The van der Waals surface area contributed by atoms with E-state index in [-0.39, 0.29) is 11.7 Å². The van der Waals surface area contributed by atoms with Gasteiger partial charge in [0.05, 0.1) is 12.2 Å². The molecule has 0 radical (unpaired) electrons. The van der Waals surface area contributed by atoms with E-state index in [1.54, 1.807) is 18.3 Å². The van der Waals surface area contributed by atoms with E-state index in [0.29, 0.717) is 12.1 Å². The molecule has 1 aromatic carbocycles. The fraction of sp³-hybridized carbons (Fsp3) is 0.294. The van der Waals surface area contributed by atoms with Crippen LogP contribution in [0, 0.1) is 0 Å². The summed E-state index contributed by atoms with van der Waals surface area (Å²) in [5.41, 5.74) is 1.43.